The van der Waals surface area contributed by atoms with Crippen molar-refractivity contribution in [3.8, 4) is 0 Å². The van der Waals surface area contributed by atoms with Gasteiger partial charge in [0.05, 0.1) is 10.5 Å². The number of hydrogen-bond donors (Lipinski definition) is 1. The van der Waals surface area contributed by atoms with Crippen LogP contribution in [-0.4, -0.2) is 56.5 Å². The fourth-order valence-electron chi connectivity index (χ4n) is 3.88. The van der Waals surface area contributed by atoms with Gasteiger partial charge in [-0.05, 0) is 44.4 Å². The maximum atomic E-state index is 13.3. The van der Waals surface area contributed by atoms with Crippen LogP contribution in [0.4, 0.5) is 4.39 Å². The first-order valence-electron chi connectivity index (χ1n) is 9.13. The maximum Gasteiger partial charge on any atom is 0.193 e. The minimum absolute atomic E-state index is 0.00101. The van der Waals surface area contributed by atoms with Gasteiger partial charge in [-0.1, -0.05) is 18.6 Å². The highest BCUT2D eigenvalue weighted by molar-refractivity contribution is 7.92. The average molecular weight is 382 g/mol. The topological polar surface area (TPSA) is 61.8 Å². The molecule has 26 heavy (non-hydrogen) atoms. The van der Waals surface area contributed by atoms with Crippen LogP contribution < -0.4 is 5.32 Å². The van der Waals surface area contributed by atoms with Crippen LogP contribution in [0.1, 0.15) is 38.7 Å². The predicted molar refractivity (Wildman–Crippen MR) is 103 cm³/mol. The molecule has 0 unspecified atom stereocenters. The average Bonchev–Trinajstić information content (AvgIpc) is 2.54. The van der Waals surface area contributed by atoms with E-state index in [9.17, 15) is 12.8 Å². The molecule has 3 rings (SSSR count). The molecule has 1 aliphatic heterocycles. The number of sulfone groups is 1. The Balaban J connectivity index is 1.70. The molecule has 1 aromatic carbocycles. The standard InChI is InChI=1S/C19H28FN3O2S/c1-18(2)14-23(11-12-26(18,24)25)17(21-3)22-13-19(9-4-10-19)15-5-7-16(20)8-6-15/h5-8H,4,9-14H2,1-3H3,(H,21,22). The number of halogens is 1. The van der Waals surface area contributed by atoms with Crippen LogP contribution in [0.25, 0.3) is 0 Å². The Morgan fingerprint density at radius 3 is 2.42 bits per heavy atom. The van der Waals surface area contributed by atoms with Gasteiger partial charge < -0.3 is 10.2 Å². The fraction of sp³-hybridized carbons (Fsp3) is 0.632. The smallest absolute Gasteiger partial charge is 0.193 e. The zero-order valence-electron chi connectivity index (χ0n) is 15.8. The van der Waals surface area contributed by atoms with E-state index in [0.29, 0.717) is 13.1 Å². The van der Waals surface area contributed by atoms with Crippen LogP contribution in [0.3, 0.4) is 0 Å². The SMILES string of the molecule is CN=C(NCC1(c2ccc(F)cc2)CCC1)N1CCS(=O)(=O)C(C)(C)C1. The molecule has 2 fully saturated rings. The van der Waals surface area contributed by atoms with Crippen LogP contribution in [0, 0.1) is 5.82 Å². The number of guanidine groups is 1. The third-order valence-corrected chi connectivity index (χ3v) is 8.44. The van der Waals surface area contributed by atoms with Crippen molar-refractivity contribution in [1.29, 1.82) is 0 Å². The number of rotatable bonds is 3. The molecule has 0 bridgehead atoms. The van der Waals surface area contributed by atoms with E-state index in [1.54, 1.807) is 20.9 Å². The Labute approximate surface area is 155 Å². The van der Waals surface area contributed by atoms with Gasteiger partial charge in [-0.25, -0.2) is 12.8 Å². The van der Waals surface area contributed by atoms with Gasteiger partial charge in [-0.15, -0.1) is 0 Å². The van der Waals surface area contributed by atoms with Gasteiger partial charge in [-0.3, -0.25) is 4.99 Å². The molecule has 1 aromatic rings. The summed E-state index contributed by atoms with van der Waals surface area (Å²) in [7, 11) is -1.35. The molecule has 1 saturated heterocycles. The van der Waals surface area contributed by atoms with Gasteiger partial charge in [0.15, 0.2) is 15.8 Å². The first-order valence-corrected chi connectivity index (χ1v) is 10.8. The summed E-state index contributed by atoms with van der Waals surface area (Å²) in [6.45, 7) is 5.14. The number of aliphatic imine (C=N–C) groups is 1. The zero-order valence-corrected chi connectivity index (χ0v) is 16.6. The molecule has 1 aliphatic carbocycles. The Hall–Kier alpha value is -1.63. The van der Waals surface area contributed by atoms with Gasteiger partial charge in [-0.2, -0.15) is 0 Å². The van der Waals surface area contributed by atoms with Gasteiger partial charge >= 0.3 is 0 Å². The summed E-state index contributed by atoms with van der Waals surface area (Å²) in [6.07, 6.45) is 3.28. The Bertz CT molecular complexity index is 784. The normalized spacial score (nSPS) is 24.0. The van der Waals surface area contributed by atoms with E-state index in [1.807, 2.05) is 17.0 Å². The second-order valence-corrected chi connectivity index (χ2v) is 10.8. The van der Waals surface area contributed by atoms with E-state index in [2.05, 4.69) is 10.3 Å². The Kier molecular flexibility index (Phi) is 5.03. The fourth-order valence-corrected chi connectivity index (χ4v) is 5.25. The lowest BCUT2D eigenvalue weighted by Crippen LogP contribution is -2.58. The summed E-state index contributed by atoms with van der Waals surface area (Å²) in [5.41, 5.74) is 1.15. The van der Waals surface area contributed by atoms with Crippen LogP contribution in [-0.2, 0) is 15.3 Å². The molecular formula is C19H28FN3O2S. The summed E-state index contributed by atoms with van der Waals surface area (Å²) >= 11 is 0. The first-order chi connectivity index (χ1) is 12.2. The summed E-state index contributed by atoms with van der Waals surface area (Å²) in [5, 5.41) is 3.45. The van der Waals surface area contributed by atoms with Crippen molar-refractivity contribution in [1.82, 2.24) is 10.2 Å². The molecule has 0 amide bonds. The molecule has 1 saturated carbocycles. The monoisotopic (exact) mass is 381 g/mol. The van der Waals surface area contributed by atoms with E-state index in [4.69, 9.17) is 0 Å². The van der Waals surface area contributed by atoms with Crippen molar-refractivity contribution < 1.29 is 12.8 Å². The minimum Gasteiger partial charge on any atom is -0.355 e. The van der Waals surface area contributed by atoms with Gasteiger partial charge in [0.25, 0.3) is 0 Å². The zero-order chi connectivity index (χ0) is 19.0. The van der Waals surface area contributed by atoms with Gasteiger partial charge in [0.1, 0.15) is 5.82 Å². The molecule has 0 radical (unpaired) electrons. The van der Waals surface area contributed by atoms with Crippen LogP contribution in [0.2, 0.25) is 0 Å². The summed E-state index contributed by atoms with van der Waals surface area (Å²) in [6, 6.07) is 6.77. The highest BCUT2D eigenvalue weighted by atomic mass is 32.2. The second kappa shape index (κ2) is 6.83. The predicted octanol–water partition coefficient (Wildman–Crippen LogP) is 2.33. The minimum atomic E-state index is -3.08. The van der Waals surface area contributed by atoms with Crippen molar-refractivity contribution in [3.63, 3.8) is 0 Å². The van der Waals surface area contributed by atoms with Crippen molar-refractivity contribution in [2.75, 3.05) is 32.4 Å². The number of nitrogens with one attached hydrogen (secondary N) is 1. The van der Waals surface area contributed by atoms with Crippen molar-refractivity contribution >= 4 is 15.8 Å². The van der Waals surface area contributed by atoms with Crippen molar-refractivity contribution in [3.05, 3.63) is 35.6 Å². The number of benzene rings is 1. The van der Waals surface area contributed by atoms with Crippen LogP contribution >= 0.6 is 0 Å². The summed E-state index contributed by atoms with van der Waals surface area (Å²) in [4.78, 5) is 6.40. The number of nitrogens with zero attached hydrogens (tertiary/aromatic N) is 2. The lowest BCUT2D eigenvalue weighted by molar-refractivity contribution is 0.239. The molecule has 2 aliphatic rings. The van der Waals surface area contributed by atoms with E-state index >= 15 is 0 Å². The van der Waals surface area contributed by atoms with Crippen LogP contribution in [0.5, 0.6) is 0 Å². The molecule has 1 N–H and O–H groups in total. The van der Waals surface area contributed by atoms with E-state index in [0.717, 1.165) is 37.3 Å². The molecule has 7 heteroatoms. The molecule has 0 atom stereocenters. The Morgan fingerprint density at radius 2 is 1.92 bits per heavy atom. The largest absolute Gasteiger partial charge is 0.355 e. The first kappa shape index (κ1) is 19.1. The maximum absolute atomic E-state index is 13.3. The van der Waals surface area contributed by atoms with Crippen molar-refractivity contribution in [2.24, 2.45) is 4.99 Å². The van der Waals surface area contributed by atoms with Gasteiger partial charge in [0, 0.05) is 32.1 Å². The van der Waals surface area contributed by atoms with E-state index in [-0.39, 0.29) is 17.0 Å². The molecular weight excluding hydrogens is 353 g/mol. The van der Waals surface area contributed by atoms with E-state index in [1.165, 1.54) is 12.1 Å². The highest BCUT2D eigenvalue weighted by Gasteiger charge is 2.42. The third-order valence-electron chi connectivity index (χ3n) is 5.91. The third kappa shape index (κ3) is 3.46. The molecule has 0 spiro atoms. The second-order valence-electron chi connectivity index (χ2n) is 8.04. The van der Waals surface area contributed by atoms with E-state index < -0.39 is 14.6 Å². The van der Waals surface area contributed by atoms with Gasteiger partial charge in [0.2, 0.25) is 0 Å². The highest BCUT2D eigenvalue weighted by Crippen LogP contribution is 2.43. The Morgan fingerprint density at radius 1 is 1.27 bits per heavy atom. The van der Waals surface area contributed by atoms with Crippen molar-refractivity contribution in [2.45, 2.75) is 43.3 Å². The lowest BCUT2D eigenvalue weighted by atomic mass is 9.64. The number of hydrogen-bond acceptors (Lipinski definition) is 3. The summed E-state index contributed by atoms with van der Waals surface area (Å²) in [5.74, 6) is 0.661. The molecule has 1 heterocycles. The van der Waals surface area contributed by atoms with Crippen LogP contribution in [0.15, 0.2) is 29.3 Å². The quantitative estimate of drug-likeness (QED) is 0.645. The summed E-state index contributed by atoms with van der Waals surface area (Å²) < 4.78 is 36.9. The molecule has 144 valence electrons. The lowest BCUT2D eigenvalue weighted by Gasteiger charge is -2.44. The molecule has 5 nitrogen and oxygen atoms in total. The molecule has 0 aromatic heterocycles.